The molecule has 0 aromatic carbocycles. The van der Waals surface area contributed by atoms with E-state index < -0.39 is 0 Å². The number of hydrogen-bond donors (Lipinski definition) is 2. The molecule has 0 aliphatic rings. The Balaban J connectivity index is 2.80. The predicted octanol–water partition coefficient (Wildman–Crippen LogP) is 2.89. The van der Waals surface area contributed by atoms with Crippen molar-refractivity contribution in [3.63, 3.8) is 0 Å². The highest BCUT2D eigenvalue weighted by molar-refractivity contribution is 7.18. The number of aromatic nitrogens is 2. The number of nitrogens with one attached hydrogen (secondary N) is 1. The topological polar surface area (TPSA) is 63.8 Å². The van der Waals surface area contributed by atoms with Gasteiger partial charge in [-0.1, -0.05) is 20.8 Å². The van der Waals surface area contributed by atoms with E-state index in [1.165, 1.54) is 10.4 Å². The summed E-state index contributed by atoms with van der Waals surface area (Å²) < 4.78 is 0. The van der Waals surface area contributed by atoms with Crippen molar-refractivity contribution in [3.8, 4) is 0 Å². The molecule has 0 bridgehead atoms. The lowest BCUT2D eigenvalue weighted by molar-refractivity contribution is 0.549. The van der Waals surface area contributed by atoms with E-state index in [4.69, 9.17) is 5.84 Å². The molecule has 5 heteroatoms. The largest absolute Gasteiger partial charge is 0.308 e. The number of hydrazine groups is 1. The zero-order chi connectivity index (χ0) is 12.8. The van der Waals surface area contributed by atoms with E-state index in [1.807, 2.05) is 0 Å². The minimum Gasteiger partial charge on any atom is -0.308 e. The summed E-state index contributed by atoms with van der Waals surface area (Å²) in [6.45, 7) is 10.5. The lowest BCUT2D eigenvalue weighted by Crippen LogP contribution is -2.18. The summed E-state index contributed by atoms with van der Waals surface area (Å²) in [6, 6.07) is 0. The Morgan fingerprint density at radius 2 is 1.82 bits per heavy atom. The molecule has 2 rings (SSSR count). The SMILES string of the molecule is Cc1sc2nc(C(C)(C)C)nc(NN)c2c1C. The molecule has 17 heavy (non-hydrogen) atoms. The van der Waals surface area contributed by atoms with Crippen LogP contribution < -0.4 is 11.3 Å². The van der Waals surface area contributed by atoms with Crippen LogP contribution in [0.15, 0.2) is 0 Å². The summed E-state index contributed by atoms with van der Waals surface area (Å²) in [5.74, 6) is 7.11. The molecule has 92 valence electrons. The molecule has 0 aliphatic heterocycles. The van der Waals surface area contributed by atoms with Gasteiger partial charge in [-0.2, -0.15) is 0 Å². The average Bonchev–Trinajstić information content (AvgIpc) is 2.52. The third-order valence-electron chi connectivity index (χ3n) is 2.84. The highest BCUT2D eigenvalue weighted by Crippen LogP contribution is 2.34. The lowest BCUT2D eigenvalue weighted by Gasteiger charge is -2.17. The highest BCUT2D eigenvalue weighted by atomic mass is 32.1. The van der Waals surface area contributed by atoms with Gasteiger partial charge in [-0.25, -0.2) is 15.8 Å². The Labute approximate surface area is 105 Å². The maximum Gasteiger partial charge on any atom is 0.152 e. The van der Waals surface area contributed by atoms with Crippen molar-refractivity contribution in [1.29, 1.82) is 0 Å². The molecule has 3 N–H and O–H groups in total. The number of hydrogen-bond acceptors (Lipinski definition) is 5. The van der Waals surface area contributed by atoms with Gasteiger partial charge in [-0.3, -0.25) is 0 Å². The molecule has 2 aromatic rings. The Kier molecular flexibility index (Phi) is 2.83. The van der Waals surface area contributed by atoms with Gasteiger partial charge in [0.15, 0.2) is 5.82 Å². The Bertz CT molecular complexity index is 566. The second kappa shape index (κ2) is 3.92. The predicted molar refractivity (Wildman–Crippen MR) is 73.4 cm³/mol. The highest BCUT2D eigenvalue weighted by Gasteiger charge is 2.21. The van der Waals surface area contributed by atoms with Crippen molar-refractivity contribution in [2.45, 2.75) is 40.0 Å². The van der Waals surface area contributed by atoms with Gasteiger partial charge < -0.3 is 5.43 Å². The van der Waals surface area contributed by atoms with Crippen molar-refractivity contribution in [2.24, 2.45) is 5.84 Å². The molecule has 2 heterocycles. The molecule has 2 aromatic heterocycles. The minimum atomic E-state index is -0.0778. The van der Waals surface area contributed by atoms with Crippen molar-refractivity contribution in [2.75, 3.05) is 5.43 Å². The van der Waals surface area contributed by atoms with E-state index in [0.717, 1.165) is 21.9 Å². The van der Waals surface area contributed by atoms with E-state index in [9.17, 15) is 0 Å². The number of nitrogen functional groups attached to an aromatic ring is 1. The van der Waals surface area contributed by atoms with Crippen LogP contribution in [0.5, 0.6) is 0 Å². The van der Waals surface area contributed by atoms with Gasteiger partial charge in [-0.05, 0) is 19.4 Å². The first-order chi connectivity index (χ1) is 7.84. The third-order valence-corrected chi connectivity index (χ3v) is 3.94. The summed E-state index contributed by atoms with van der Waals surface area (Å²) in [6.07, 6.45) is 0. The van der Waals surface area contributed by atoms with Gasteiger partial charge >= 0.3 is 0 Å². The van der Waals surface area contributed by atoms with Crippen LogP contribution in [0.3, 0.4) is 0 Å². The molecular weight excluding hydrogens is 232 g/mol. The van der Waals surface area contributed by atoms with Crippen LogP contribution in [-0.2, 0) is 5.41 Å². The molecule has 0 fully saturated rings. The van der Waals surface area contributed by atoms with E-state index in [2.05, 4.69) is 50.0 Å². The van der Waals surface area contributed by atoms with Gasteiger partial charge in [0.1, 0.15) is 10.7 Å². The van der Waals surface area contributed by atoms with Gasteiger partial charge in [0.25, 0.3) is 0 Å². The summed E-state index contributed by atoms with van der Waals surface area (Å²) in [5.41, 5.74) is 3.82. The van der Waals surface area contributed by atoms with Crippen LogP contribution in [0.4, 0.5) is 5.82 Å². The lowest BCUT2D eigenvalue weighted by atomic mass is 9.95. The molecule has 0 saturated carbocycles. The number of thiophene rings is 1. The third kappa shape index (κ3) is 2.00. The molecular formula is C12H18N4S. The zero-order valence-corrected chi connectivity index (χ0v) is 11.7. The van der Waals surface area contributed by atoms with Crippen LogP contribution in [0.2, 0.25) is 0 Å². The Morgan fingerprint density at radius 1 is 1.18 bits per heavy atom. The number of anilines is 1. The van der Waals surface area contributed by atoms with E-state index in [-0.39, 0.29) is 5.41 Å². The zero-order valence-electron chi connectivity index (χ0n) is 10.9. The molecule has 0 unspecified atom stereocenters. The van der Waals surface area contributed by atoms with Gasteiger partial charge in [0.05, 0.1) is 5.39 Å². The summed E-state index contributed by atoms with van der Waals surface area (Å²) in [7, 11) is 0. The molecule has 0 spiro atoms. The maximum atomic E-state index is 5.57. The van der Waals surface area contributed by atoms with Gasteiger partial charge in [0, 0.05) is 10.3 Å². The first kappa shape index (κ1) is 12.3. The number of nitrogens with zero attached hydrogens (tertiary/aromatic N) is 2. The summed E-state index contributed by atoms with van der Waals surface area (Å²) >= 11 is 1.69. The standard InChI is InChI=1S/C12H18N4S/c1-6-7(2)17-10-8(6)9(16-13)14-11(15-10)12(3,4)5/h13H2,1-5H3,(H,14,15,16). The summed E-state index contributed by atoms with van der Waals surface area (Å²) in [4.78, 5) is 11.4. The second-order valence-corrected chi connectivity index (χ2v) is 6.46. The van der Waals surface area contributed by atoms with Crippen molar-refractivity contribution in [3.05, 3.63) is 16.3 Å². The van der Waals surface area contributed by atoms with E-state index in [1.54, 1.807) is 11.3 Å². The van der Waals surface area contributed by atoms with Crippen molar-refractivity contribution < 1.29 is 0 Å². The number of nitrogens with two attached hydrogens (primary N) is 1. The number of aryl methyl sites for hydroxylation is 2. The fraction of sp³-hybridized carbons (Fsp3) is 0.500. The van der Waals surface area contributed by atoms with Crippen molar-refractivity contribution >= 4 is 27.4 Å². The molecule has 0 saturated heterocycles. The molecule has 0 amide bonds. The van der Waals surface area contributed by atoms with E-state index >= 15 is 0 Å². The van der Waals surface area contributed by atoms with E-state index in [0.29, 0.717) is 0 Å². The first-order valence-electron chi connectivity index (χ1n) is 5.59. The smallest absolute Gasteiger partial charge is 0.152 e. The van der Waals surface area contributed by atoms with Crippen LogP contribution >= 0.6 is 11.3 Å². The number of fused-ring (bicyclic) bond motifs is 1. The van der Waals surface area contributed by atoms with Crippen LogP contribution in [0.25, 0.3) is 10.2 Å². The quantitative estimate of drug-likeness (QED) is 0.603. The molecule has 0 aliphatic carbocycles. The van der Waals surface area contributed by atoms with Crippen LogP contribution in [0, 0.1) is 13.8 Å². The number of rotatable bonds is 1. The Hall–Kier alpha value is -1.20. The van der Waals surface area contributed by atoms with Crippen LogP contribution in [-0.4, -0.2) is 9.97 Å². The summed E-state index contributed by atoms with van der Waals surface area (Å²) in [5, 5.41) is 1.04. The monoisotopic (exact) mass is 250 g/mol. The van der Waals surface area contributed by atoms with Gasteiger partial charge in [0.2, 0.25) is 0 Å². The average molecular weight is 250 g/mol. The fourth-order valence-electron chi connectivity index (χ4n) is 1.69. The maximum absolute atomic E-state index is 5.57. The second-order valence-electron chi connectivity index (χ2n) is 5.25. The van der Waals surface area contributed by atoms with Crippen LogP contribution in [0.1, 0.15) is 37.0 Å². The molecule has 0 atom stereocenters. The minimum absolute atomic E-state index is 0.0778. The molecule has 4 nitrogen and oxygen atoms in total. The van der Waals surface area contributed by atoms with Gasteiger partial charge in [-0.15, -0.1) is 11.3 Å². The Morgan fingerprint density at radius 3 is 2.35 bits per heavy atom. The normalized spacial score (nSPS) is 12.1. The van der Waals surface area contributed by atoms with Crippen molar-refractivity contribution in [1.82, 2.24) is 9.97 Å². The molecule has 0 radical (unpaired) electrons. The first-order valence-corrected chi connectivity index (χ1v) is 6.41. The fourth-order valence-corrected chi connectivity index (χ4v) is 2.72.